The van der Waals surface area contributed by atoms with Crippen LogP contribution < -0.4 is 5.32 Å². The maximum absolute atomic E-state index is 12.5. The van der Waals surface area contributed by atoms with E-state index >= 15 is 0 Å². The first-order chi connectivity index (χ1) is 12.6. The van der Waals surface area contributed by atoms with E-state index in [1.807, 2.05) is 48.3 Å². The highest BCUT2D eigenvalue weighted by Crippen LogP contribution is 2.27. The van der Waals surface area contributed by atoms with Gasteiger partial charge in [-0.3, -0.25) is 9.69 Å². The molecule has 2 aromatic carbocycles. The summed E-state index contributed by atoms with van der Waals surface area (Å²) in [4.78, 5) is 18.5. The van der Waals surface area contributed by atoms with Gasteiger partial charge in [-0.2, -0.15) is 0 Å². The van der Waals surface area contributed by atoms with Crippen LogP contribution in [0.3, 0.4) is 0 Å². The van der Waals surface area contributed by atoms with Crippen LogP contribution in [0.15, 0.2) is 79.0 Å². The van der Waals surface area contributed by atoms with Crippen LogP contribution >= 0.6 is 11.6 Å². The molecule has 3 rings (SSSR count). The minimum atomic E-state index is -0.140. The summed E-state index contributed by atoms with van der Waals surface area (Å²) in [5, 5.41) is 3.11. The van der Waals surface area contributed by atoms with E-state index in [0.717, 1.165) is 11.1 Å². The van der Waals surface area contributed by atoms with Gasteiger partial charge in [-0.25, -0.2) is 4.98 Å². The normalized spacial score (nSPS) is 10.9. The van der Waals surface area contributed by atoms with E-state index < -0.39 is 0 Å². The number of hydrogen-bond acceptors (Lipinski definition) is 3. The summed E-state index contributed by atoms with van der Waals surface area (Å²) < 4.78 is 0. The minimum absolute atomic E-state index is 0.0208. The van der Waals surface area contributed by atoms with Gasteiger partial charge in [0.05, 0.1) is 18.3 Å². The van der Waals surface area contributed by atoms with E-state index in [0.29, 0.717) is 5.69 Å². The number of carbonyl (C=O) groups excluding carboxylic acids is 1. The van der Waals surface area contributed by atoms with Crippen molar-refractivity contribution >= 4 is 23.2 Å². The van der Waals surface area contributed by atoms with Gasteiger partial charge in [0.1, 0.15) is 0 Å². The average Bonchev–Trinajstić information content (AvgIpc) is 2.65. The summed E-state index contributed by atoms with van der Waals surface area (Å²) >= 11 is 6.02. The zero-order valence-electron chi connectivity index (χ0n) is 14.5. The molecule has 0 fully saturated rings. The first kappa shape index (κ1) is 18.1. The SMILES string of the molecule is CN(CC(=O)Nc1cccnc1Cl)C(c1ccccc1)c1ccccc1. The maximum Gasteiger partial charge on any atom is 0.238 e. The standard InChI is InChI=1S/C21H20ClN3O/c1-25(15-19(26)24-18-13-8-14-23-21(18)22)20(16-9-4-2-5-10-16)17-11-6-3-7-12-17/h2-14,20H,15H2,1H3,(H,24,26). The van der Waals surface area contributed by atoms with Gasteiger partial charge in [0.2, 0.25) is 5.91 Å². The number of benzene rings is 2. The molecule has 4 nitrogen and oxygen atoms in total. The summed E-state index contributed by atoms with van der Waals surface area (Å²) in [6.45, 7) is 0.222. The number of pyridine rings is 1. The molecule has 0 saturated carbocycles. The van der Waals surface area contributed by atoms with Gasteiger partial charge in [-0.15, -0.1) is 0 Å². The molecule has 0 aliphatic carbocycles. The molecule has 1 N–H and O–H groups in total. The molecular formula is C21H20ClN3O. The Morgan fingerprint density at radius 1 is 1.00 bits per heavy atom. The van der Waals surface area contributed by atoms with E-state index in [-0.39, 0.29) is 23.6 Å². The lowest BCUT2D eigenvalue weighted by atomic mass is 9.97. The number of carbonyl (C=O) groups is 1. The first-order valence-electron chi connectivity index (χ1n) is 8.35. The third kappa shape index (κ3) is 4.48. The fourth-order valence-corrected chi connectivity index (χ4v) is 3.13. The number of anilines is 1. The molecule has 0 radical (unpaired) electrons. The van der Waals surface area contributed by atoms with Crippen LogP contribution in [0.5, 0.6) is 0 Å². The number of halogens is 1. The molecule has 0 aliphatic heterocycles. The largest absolute Gasteiger partial charge is 0.322 e. The van der Waals surface area contributed by atoms with Crippen molar-refractivity contribution in [3.05, 3.63) is 95.3 Å². The molecule has 3 aromatic rings. The number of amides is 1. The van der Waals surface area contributed by atoms with Gasteiger partial charge < -0.3 is 5.32 Å². The Hall–Kier alpha value is -2.69. The molecule has 132 valence electrons. The maximum atomic E-state index is 12.5. The van der Waals surface area contributed by atoms with E-state index in [9.17, 15) is 4.79 Å². The van der Waals surface area contributed by atoms with Crippen molar-refractivity contribution in [2.45, 2.75) is 6.04 Å². The highest BCUT2D eigenvalue weighted by Gasteiger charge is 2.21. The van der Waals surface area contributed by atoms with Crippen LogP contribution in [0, 0.1) is 0 Å². The Morgan fingerprint density at radius 2 is 1.58 bits per heavy atom. The molecular weight excluding hydrogens is 346 g/mol. The summed E-state index contributed by atoms with van der Waals surface area (Å²) in [5.74, 6) is -0.140. The number of nitrogens with one attached hydrogen (secondary N) is 1. The Morgan fingerprint density at radius 3 is 2.12 bits per heavy atom. The summed E-state index contributed by atoms with van der Waals surface area (Å²) in [6.07, 6.45) is 1.59. The molecule has 0 bridgehead atoms. The van der Waals surface area contributed by atoms with Crippen molar-refractivity contribution in [3.63, 3.8) is 0 Å². The first-order valence-corrected chi connectivity index (χ1v) is 8.73. The predicted octanol–water partition coefficient (Wildman–Crippen LogP) is 4.39. The predicted molar refractivity (Wildman–Crippen MR) is 105 cm³/mol. The fourth-order valence-electron chi connectivity index (χ4n) is 2.96. The van der Waals surface area contributed by atoms with E-state index in [1.165, 1.54) is 0 Å². The van der Waals surface area contributed by atoms with Crippen molar-refractivity contribution in [2.24, 2.45) is 0 Å². The second-order valence-electron chi connectivity index (χ2n) is 6.03. The second kappa shape index (κ2) is 8.61. The Kier molecular flexibility index (Phi) is 6.00. The zero-order chi connectivity index (χ0) is 18.4. The van der Waals surface area contributed by atoms with Crippen LogP contribution in [0.2, 0.25) is 5.15 Å². The van der Waals surface area contributed by atoms with Crippen LogP contribution in [0.1, 0.15) is 17.2 Å². The monoisotopic (exact) mass is 365 g/mol. The van der Waals surface area contributed by atoms with Crippen LogP contribution in [0.4, 0.5) is 5.69 Å². The van der Waals surface area contributed by atoms with Crippen molar-refractivity contribution in [1.82, 2.24) is 9.88 Å². The average molecular weight is 366 g/mol. The van der Waals surface area contributed by atoms with Crippen molar-refractivity contribution in [2.75, 3.05) is 18.9 Å². The quantitative estimate of drug-likeness (QED) is 0.659. The van der Waals surface area contributed by atoms with Gasteiger partial charge in [-0.05, 0) is 30.3 Å². The van der Waals surface area contributed by atoms with Gasteiger partial charge in [0.15, 0.2) is 5.15 Å². The second-order valence-corrected chi connectivity index (χ2v) is 6.39. The van der Waals surface area contributed by atoms with Crippen molar-refractivity contribution in [1.29, 1.82) is 0 Å². The summed E-state index contributed by atoms with van der Waals surface area (Å²) in [6, 6.07) is 23.8. The molecule has 0 atom stereocenters. The minimum Gasteiger partial charge on any atom is -0.322 e. The molecule has 0 aliphatic rings. The third-order valence-electron chi connectivity index (χ3n) is 4.10. The Labute approximate surface area is 158 Å². The van der Waals surface area contributed by atoms with Gasteiger partial charge in [0.25, 0.3) is 0 Å². The molecule has 1 amide bonds. The molecule has 0 unspecified atom stereocenters. The van der Waals surface area contributed by atoms with E-state index in [4.69, 9.17) is 11.6 Å². The Bertz CT molecular complexity index is 816. The van der Waals surface area contributed by atoms with Crippen molar-refractivity contribution < 1.29 is 4.79 Å². The number of nitrogens with zero attached hydrogens (tertiary/aromatic N) is 2. The highest BCUT2D eigenvalue weighted by atomic mass is 35.5. The smallest absolute Gasteiger partial charge is 0.238 e. The topological polar surface area (TPSA) is 45.2 Å². The lowest BCUT2D eigenvalue weighted by Crippen LogP contribution is -2.34. The van der Waals surface area contributed by atoms with E-state index in [1.54, 1.807) is 18.3 Å². The fraction of sp³-hybridized carbons (Fsp3) is 0.143. The van der Waals surface area contributed by atoms with Crippen LogP contribution in [0.25, 0.3) is 0 Å². The van der Waals surface area contributed by atoms with Crippen molar-refractivity contribution in [3.8, 4) is 0 Å². The van der Waals surface area contributed by atoms with Gasteiger partial charge in [-0.1, -0.05) is 72.3 Å². The molecule has 1 aromatic heterocycles. The van der Waals surface area contributed by atoms with Crippen LogP contribution in [-0.2, 0) is 4.79 Å². The van der Waals surface area contributed by atoms with Crippen LogP contribution in [-0.4, -0.2) is 29.4 Å². The zero-order valence-corrected chi connectivity index (χ0v) is 15.2. The third-order valence-corrected chi connectivity index (χ3v) is 4.40. The van der Waals surface area contributed by atoms with Gasteiger partial charge in [0, 0.05) is 6.20 Å². The molecule has 5 heteroatoms. The van der Waals surface area contributed by atoms with Gasteiger partial charge >= 0.3 is 0 Å². The molecule has 26 heavy (non-hydrogen) atoms. The number of hydrogen-bond donors (Lipinski definition) is 1. The lowest BCUT2D eigenvalue weighted by molar-refractivity contribution is -0.117. The molecule has 1 heterocycles. The summed E-state index contributed by atoms with van der Waals surface area (Å²) in [7, 11) is 1.94. The molecule has 0 spiro atoms. The lowest BCUT2D eigenvalue weighted by Gasteiger charge is -2.28. The number of rotatable bonds is 6. The Balaban J connectivity index is 1.79. The number of aromatic nitrogens is 1. The van der Waals surface area contributed by atoms with E-state index in [2.05, 4.69) is 34.6 Å². The molecule has 0 saturated heterocycles. The highest BCUT2D eigenvalue weighted by molar-refractivity contribution is 6.32. The summed E-state index contributed by atoms with van der Waals surface area (Å²) in [5.41, 5.74) is 2.78. The number of likely N-dealkylation sites (N-methyl/N-ethyl adjacent to an activating group) is 1.